The number of ketones is 1. The van der Waals surface area contributed by atoms with E-state index in [1.54, 1.807) is 18.6 Å². The molecule has 6 rings (SSSR count). The second-order valence-electron chi connectivity index (χ2n) is 9.97. The number of imidazole rings is 1. The Bertz CT molecular complexity index is 1540. The number of carbonyl (C=O) groups is 2. The number of hydrogen-bond acceptors (Lipinski definition) is 6. The minimum absolute atomic E-state index is 0.00306. The first-order valence-corrected chi connectivity index (χ1v) is 13.2. The Morgan fingerprint density at radius 1 is 1.11 bits per heavy atom. The third kappa shape index (κ3) is 4.09. The number of Topliss-reactive ketones (excluding diaryl/α,β-unsaturated/α-hetero) is 1. The summed E-state index contributed by atoms with van der Waals surface area (Å²) in [7, 11) is 0. The fourth-order valence-corrected chi connectivity index (χ4v) is 6.18. The lowest BCUT2D eigenvalue weighted by molar-refractivity contribution is -0.138. The van der Waals surface area contributed by atoms with E-state index in [4.69, 9.17) is 16.6 Å². The molecule has 2 aliphatic rings. The number of hydrogen-bond donors (Lipinski definition) is 1. The summed E-state index contributed by atoms with van der Waals surface area (Å²) in [5.74, 6) is -0.314. The van der Waals surface area contributed by atoms with Crippen molar-refractivity contribution in [3.8, 4) is 17.1 Å². The predicted octanol–water partition coefficient (Wildman–Crippen LogP) is 5.06. The van der Waals surface area contributed by atoms with E-state index in [-0.39, 0.29) is 12.2 Å². The summed E-state index contributed by atoms with van der Waals surface area (Å²) in [6, 6.07) is 14.2. The zero-order valence-corrected chi connectivity index (χ0v) is 21.4. The Labute approximate surface area is 224 Å². The number of aliphatic carboxylic acids is 1. The minimum atomic E-state index is -1.03. The molecule has 0 radical (unpaired) electrons. The number of nitrogens with zero attached hydrogens (tertiary/aromatic N) is 5. The van der Waals surface area contributed by atoms with Crippen LogP contribution in [0.1, 0.15) is 37.7 Å². The Balaban J connectivity index is 1.31. The summed E-state index contributed by atoms with van der Waals surface area (Å²) in [5, 5.41) is 9.15. The molecule has 3 heterocycles. The summed E-state index contributed by atoms with van der Waals surface area (Å²) in [5.41, 5.74) is 3.91. The summed E-state index contributed by atoms with van der Waals surface area (Å²) in [4.78, 5) is 43.0. The van der Waals surface area contributed by atoms with Crippen LogP contribution >= 0.6 is 11.6 Å². The maximum absolute atomic E-state index is 12.7. The van der Waals surface area contributed by atoms with Crippen LogP contribution < -0.4 is 0 Å². The van der Waals surface area contributed by atoms with Crippen LogP contribution in [0.3, 0.4) is 0 Å². The van der Waals surface area contributed by atoms with Crippen molar-refractivity contribution in [2.45, 2.75) is 49.9 Å². The molecule has 2 fully saturated rings. The van der Waals surface area contributed by atoms with E-state index in [0.717, 1.165) is 53.1 Å². The molecule has 3 aromatic heterocycles. The number of pyridine rings is 2. The Hall–Kier alpha value is -3.91. The van der Waals surface area contributed by atoms with Gasteiger partial charge in [-0.05, 0) is 54.8 Å². The van der Waals surface area contributed by atoms with Crippen molar-refractivity contribution in [2.24, 2.45) is 10.4 Å². The standard InChI is InChI=1S/C29H26ClN5O3/c30-23-24(29(25(23)36)12-2-1-3-13-29)33-22(28(37)38)16-18-8-10-20(11-9-18)35-26(19-6-4-14-31-17-19)34-21-7-5-15-32-27(21)35/h4-11,14-15,17,22-23H,1-3,12-13,16H2,(H,37,38)/t22-,23?/m0/s1. The van der Waals surface area contributed by atoms with Gasteiger partial charge in [-0.2, -0.15) is 0 Å². The van der Waals surface area contributed by atoms with Crippen LogP contribution in [0, 0.1) is 5.41 Å². The van der Waals surface area contributed by atoms with E-state index in [1.165, 1.54) is 0 Å². The van der Waals surface area contributed by atoms with Crippen LogP contribution in [-0.4, -0.2) is 53.5 Å². The number of benzene rings is 1. The van der Waals surface area contributed by atoms with Gasteiger partial charge in [0.25, 0.3) is 0 Å². The lowest BCUT2D eigenvalue weighted by Gasteiger charge is -2.47. The molecule has 9 heteroatoms. The van der Waals surface area contributed by atoms with Crippen LogP contribution in [0.2, 0.25) is 0 Å². The molecule has 38 heavy (non-hydrogen) atoms. The second-order valence-corrected chi connectivity index (χ2v) is 10.4. The first-order chi connectivity index (χ1) is 18.5. The Morgan fingerprint density at radius 2 is 1.87 bits per heavy atom. The van der Waals surface area contributed by atoms with Crippen LogP contribution in [0.5, 0.6) is 0 Å². The lowest BCUT2D eigenvalue weighted by atomic mass is 9.58. The quantitative estimate of drug-likeness (QED) is 0.351. The van der Waals surface area contributed by atoms with E-state index in [0.29, 0.717) is 18.6 Å². The molecule has 0 bridgehead atoms. The van der Waals surface area contributed by atoms with Gasteiger partial charge in [0.15, 0.2) is 17.5 Å². The SMILES string of the molecule is O=C(O)[C@H](Cc1ccc(-n2c(-c3cccnc3)nc3cccnc32)cc1)N=C1C(Cl)C(=O)C12CCCCC2. The molecule has 2 saturated carbocycles. The van der Waals surface area contributed by atoms with Crippen molar-refractivity contribution in [1.82, 2.24) is 19.5 Å². The molecular weight excluding hydrogens is 502 g/mol. The van der Waals surface area contributed by atoms with Gasteiger partial charge in [-0.1, -0.05) is 31.4 Å². The van der Waals surface area contributed by atoms with Crippen molar-refractivity contribution < 1.29 is 14.7 Å². The summed E-state index contributed by atoms with van der Waals surface area (Å²) in [6.07, 6.45) is 9.78. The highest BCUT2D eigenvalue weighted by Gasteiger charge is 2.58. The van der Waals surface area contributed by atoms with Gasteiger partial charge < -0.3 is 5.11 Å². The lowest BCUT2D eigenvalue weighted by Crippen LogP contribution is -2.61. The van der Waals surface area contributed by atoms with Gasteiger partial charge in [0.2, 0.25) is 0 Å². The molecule has 4 aromatic rings. The van der Waals surface area contributed by atoms with E-state index in [2.05, 4.69) is 15.0 Å². The number of halogens is 1. The van der Waals surface area contributed by atoms with Gasteiger partial charge in [0, 0.05) is 36.3 Å². The molecule has 0 amide bonds. The molecule has 1 spiro atoms. The number of fused-ring (bicyclic) bond motifs is 1. The third-order valence-corrected chi connectivity index (χ3v) is 8.08. The third-order valence-electron chi connectivity index (χ3n) is 7.68. The molecule has 1 N–H and O–H groups in total. The van der Waals surface area contributed by atoms with Crippen LogP contribution in [-0.2, 0) is 16.0 Å². The number of carboxylic acid groups (broad SMARTS) is 1. The van der Waals surface area contributed by atoms with Crippen molar-refractivity contribution in [2.75, 3.05) is 0 Å². The fraction of sp³-hybridized carbons (Fsp3) is 0.310. The maximum Gasteiger partial charge on any atom is 0.328 e. The number of rotatable bonds is 6. The van der Waals surface area contributed by atoms with Crippen molar-refractivity contribution in [1.29, 1.82) is 0 Å². The molecular formula is C29H26ClN5O3. The highest BCUT2D eigenvalue weighted by molar-refractivity contribution is 6.54. The first-order valence-electron chi connectivity index (χ1n) is 12.8. The van der Waals surface area contributed by atoms with Crippen molar-refractivity contribution in [3.63, 3.8) is 0 Å². The normalized spacial score (nSPS) is 20.5. The maximum atomic E-state index is 12.7. The number of aliphatic imine (C=N–C) groups is 1. The Morgan fingerprint density at radius 3 is 2.58 bits per heavy atom. The van der Waals surface area contributed by atoms with Crippen molar-refractivity contribution >= 4 is 40.2 Å². The molecule has 1 unspecified atom stereocenters. The van der Waals surface area contributed by atoms with Crippen LogP contribution in [0.4, 0.5) is 0 Å². The topological polar surface area (TPSA) is 110 Å². The highest BCUT2D eigenvalue weighted by Crippen LogP contribution is 2.49. The fourth-order valence-electron chi connectivity index (χ4n) is 5.71. The summed E-state index contributed by atoms with van der Waals surface area (Å²) >= 11 is 6.34. The van der Waals surface area contributed by atoms with E-state index >= 15 is 0 Å². The Kier molecular flexibility index (Phi) is 6.27. The number of carboxylic acids is 1. The molecule has 2 aliphatic carbocycles. The zero-order chi connectivity index (χ0) is 26.3. The van der Waals surface area contributed by atoms with E-state index in [1.807, 2.05) is 53.1 Å². The predicted molar refractivity (Wildman–Crippen MR) is 145 cm³/mol. The monoisotopic (exact) mass is 527 g/mol. The van der Waals surface area contributed by atoms with Crippen molar-refractivity contribution in [3.05, 3.63) is 72.7 Å². The average Bonchev–Trinajstić information content (AvgIpc) is 3.35. The van der Waals surface area contributed by atoms with Gasteiger partial charge in [0.1, 0.15) is 16.7 Å². The molecule has 0 saturated heterocycles. The smallest absolute Gasteiger partial charge is 0.328 e. The van der Waals surface area contributed by atoms with E-state index in [9.17, 15) is 14.7 Å². The molecule has 192 valence electrons. The number of carbonyl (C=O) groups excluding carboxylic acids is 1. The van der Waals surface area contributed by atoms with Gasteiger partial charge in [-0.15, -0.1) is 11.6 Å². The van der Waals surface area contributed by atoms with Gasteiger partial charge in [0.05, 0.1) is 11.1 Å². The second kappa shape index (κ2) is 9.76. The van der Waals surface area contributed by atoms with Gasteiger partial charge in [-0.25, -0.2) is 14.8 Å². The first kappa shape index (κ1) is 24.4. The van der Waals surface area contributed by atoms with E-state index < -0.39 is 22.8 Å². The number of alkyl halides is 1. The highest BCUT2D eigenvalue weighted by atomic mass is 35.5. The van der Waals surface area contributed by atoms with Crippen LogP contribution in [0.25, 0.3) is 28.2 Å². The summed E-state index contributed by atoms with van der Waals surface area (Å²) < 4.78 is 1.97. The molecule has 2 atom stereocenters. The molecule has 0 aliphatic heterocycles. The van der Waals surface area contributed by atoms with Crippen LogP contribution in [0.15, 0.2) is 72.1 Å². The van der Waals surface area contributed by atoms with Gasteiger partial charge in [-0.3, -0.25) is 19.3 Å². The minimum Gasteiger partial charge on any atom is -0.480 e. The largest absolute Gasteiger partial charge is 0.480 e. The zero-order valence-electron chi connectivity index (χ0n) is 20.6. The summed E-state index contributed by atoms with van der Waals surface area (Å²) in [6.45, 7) is 0. The molecule has 1 aromatic carbocycles. The average molecular weight is 528 g/mol. The van der Waals surface area contributed by atoms with Gasteiger partial charge >= 0.3 is 5.97 Å². The number of aromatic nitrogens is 4. The molecule has 8 nitrogen and oxygen atoms in total.